The zero-order chi connectivity index (χ0) is 24.0. The van der Waals surface area contributed by atoms with Crippen LogP contribution in [0.4, 0.5) is 0 Å². The van der Waals surface area contributed by atoms with Gasteiger partial charge in [-0.2, -0.15) is 5.10 Å². The van der Waals surface area contributed by atoms with E-state index in [-0.39, 0.29) is 23.9 Å². The lowest BCUT2D eigenvalue weighted by Gasteiger charge is -2.17. The van der Waals surface area contributed by atoms with Gasteiger partial charge in [-0.3, -0.25) is 4.79 Å². The van der Waals surface area contributed by atoms with Crippen molar-refractivity contribution in [2.24, 2.45) is 0 Å². The molecule has 0 bridgehead atoms. The molecule has 0 aliphatic heterocycles. The Labute approximate surface area is 202 Å². The molecule has 0 aliphatic carbocycles. The van der Waals surface area contributed by atoms with Crippen molar-refractivity contribution in [2.75, 3.05) is 27.4 Å². The smallest absolute Gasteiger partial charge is 0.256 e. The molecule has 1 amide bonds. The standard InChI is InChI=1S/C23H25Cl2N3O5/c1-14-20(22(25)28(27-14)12-15-7-4-5-8-17(15)24)23(30)26-11-16(29)13-33-21-18(31-2)9-6-10-19(21)32-3/h4-10,16,29H,11-13H2,1-3H3,(H,26,30). The number of hydrogen-bond donors (Lipinski definition) is 2. The summed E-state index contributed by atoms with van der Waals surface area (Å²) in [6, 6.07) is 12.5. The lowest BCUT2D eigenvalue weighted by Crippen LogP contribution is -2.35. The Bertz CT molecular complexity index is 1100. The van der Waals surface area contributed by atoms with Crippen LogP contribution in [0, 0.1) is 6.92 Å². The second-order valence-corrected chi connectivity index (χ2v) is 7.93. The van der Waals surface area contributed by atoms with Crippen LogP contribution in [0.3, 0.4) is 0 Å². The third-order valence-electron chi connectivity index (χ3n) is 4.87. The van der Waals surface area contributed by atoms with Crippen molar-refractivity contribution in [3.05, 3.63) is 69.5 Å². The summed E-state index contributed by atoms with van der Waals surface area (Å²) < 4.78 is 17.7. The van der Waals surface area contributed by atoms with E-state index in [0.29, 0.717) is 34.5 Å². The Morgan fingerprint density at radius 3 is 2.42 bits per heavy atom. The number of amides is 1. The van der Waals surface area contributed by atoms with Crippen LogP contribution in [0.5, 0.6) is 17.2 Å². The number of hydrogen-bond acceptors (Lipinski definition) is 6. The van der Waals surface area contributed by atoms with E-state index in [4.69, 9.17) is 37.4 Å². The predicted octanol–water partition coefficient (Wildman–Crippen LogP) is 3.73. The predicted molar refractivity (Wildman–Crippen MR) is 126 cm³/mol. The molecule has 0 aliphatic rings. The number of aryl methyl sites for hydroxylation is 1. The average molecular weight is 494 g/mol. The molecule has 3 rings (SSSR count). The quantitative estimate of drug-likeness (QED) is 0.446. The minimum Gasteiger partial charge on any atom is -0.493 e. The number of nitrogens with one attached hydrogen (secondary N) is 1. The second kappa shape index (κ2) is 11.3. The number of ether oxygens (including phenoxy) is 3. The van der Waals surface area contributed by atoms with Gasteiger partial charge in [0, 0.05) is 11.6 Å². The molecule has 0 fully saturated rings. The van der Waals surface area contributed by atoms with E-state index >= 15 is 0 Å². The first kappa shape index (κ1) is 24.7. The van der Waals surface area contributed by atoms with Crippen LogP contribution in [-0.2, 0) is 6.54 Å². The maximum atomic E-state index is 12.7. The lowest BCUT2D eigenvalue weighted by molar-refractivity contribution is 0.0833. The van der Waals surface area contributed by atoms with Crippen molar-refractivity contribution in [1.29, 1.82) is 0 Å². The number of para-hydroxylation sites is 1. The highest BCUT2D eigenvalue weighted by atomic mass is 35.5. The Kier molecular flexibility index (Phi) is 8.43. The molecule has 1 aromatic heterocycles. The molecule has 2 aromatic carbocycles. The summed E-state index contributed by atoms with van der Waals surface area (Å²) in [4.78, 5) is 12.7. The fourth-order valence-electron chi connectivity index (χ4n) is 3.20. The van der Waals surface area contributed by atoms with Crippen molar-refractivity contribution in [1.82, 2.24) is 15.1 Å². The minimum atomic E-state index is -0.985. The summed E-state index contributed by atoms with van der Waals surface area (Å²) in [6.07, 6.45) is -0.985. The van der Waals surface area contributed by atoms with Crippen molar-refractivity contribution < 1.29 is 24.1 Å². The number of methoxy groups -OCH3 is 2. The molecule has 0 saturated heterocycles. The van der Waals surface area contributed by atoms with Gasteiger partial charge in [-0.1, -0.05) is 47.5 Å². The third-order valence-corrected chi connectivity index (χ3v) is 5.62. The van der Waals surface area contributed by atoms with Crippen LogP contribution < -0.4 is 19.5 Å². The van der Waals surface area contributed by atoms with Crippen molar-refractivity contribution in [3.63, 3.8) is 0 Å². The van der Waals surface area contributed by atoms with Gasteiger partial charge in [-0.15, -0.1) is 0 Å². The molecule has 3 aromatic rings. The Morgan fingerprint density at radius 1 is 1.12 bits per heavy atom. The monoisotopic (exact) mass is 493 g/mol. The number of rotatable bonds is 10. The molecular weight excluding hydrogens is 469 g/mol. The Balaban J connectivity index is 1.61. The Morgan fingerprint density at radius 2 is 1.79 bits per heavy atom. The van der Waals surface area contributed by atoms with Gasteiger partial charge >= 0.3 is 0 Å². The molecule has 2 N–H and O–H groups in total. The number of halogens is 2. The number of benzene rings is 2. The van der Waals surface area contributed by atoms with Gasteiger partial charge in [0.05, 0.1) is 32.0 Å². The summed E-state index contributed by atoms with van der Waals surface area (Å²) in [5.74, 6) is 0.863. The maximum Gasteiger partial charge on any atom is 0.256 e. The number of carbonyl (C=O) groups excluding carboxylic acids is 1. The van der Waals surface area contributed by atoms with E-state index < -0.39 is 12.0 Å². The van der Waals surface area contributed by atoms with Crippen LogP contribution in [0.15, 0.2) is 42.5 Å². The van der Waals surface area contributed by atoms with Crippen LogP contribution in [0.25, 0.3) is 0 Å². The van der Waals surface area contributed by atoms with E-state index in [0.717, 1.165) is 5.56 Å². The summed E-state index contributed by atoms with van der Waals surface area (Å²) in [6.45, 7) is 1.87. The van der Waals surface area contributed by atoms with Crippen molar-refractivity contribution in [2.45, 2.75) is 19.6 Å². The number of aliphatic hydroxyl groups excluding tert-OH is 1. The zero-order valence-corrected chi connectivity index (χ0v) is 20.0. The molecule has 8 nitrogen and oxygen atoms in total. The third kappa shape index (κ3) is 5.90. The summed E-state index contributed by atoms with van der Waals surface area (Å²) in [7, 11) is 3.02. The van der Waals surface area contributed by atoms with Gasteiger partial charge in [-0.25, -0.2) is 4.68 Å². The van der Waals surface area contributed by atoms with Crippen molar-refractivity contribution in [3.8, 4) is 17.2 Å². The number of aliphatic hydroxyl groups is 1. The van der Waals surface area contributed by atoms with Crippen molar-refractivity contribution >= 4 is 29.1 Å². The highest BCUT2D eigenvalue weighted by Crippen LogP contribution is 2.36. The molecule has 33 heavy (non-hydrogen) atoms. The fourth-order valence-corrected chi connectivity index (χ4v) is 3.72. The number of aromatic nitrogens is 2. The number of carbonyl (C=O) groups is 1. The normalized spacial score (nSPS) is 11.7. The summed E-state index contributed by atoms with van der Waals surface area (Å²) in [5.41, 5.74) is 1.53. The van der Waals surface area contributed by atoms with E-state index in [1.54, 1.807) is 31.2 Å². The van der Waals surface area contributed by atoms with Gasteiger partial charge in [0.15, 0.2) is 11.5 Å². The Hall–Kier alpha value is -2.94. The first-order chi connectivity index (χ1) is 15.8. The van der Waals surface area contributed by atoms with E-state index in [1.165, 1.54) is 18.9 Å². The van der Waals surface area contributed by atoms with Gasteiger partial charge in [0.1, 0.15) is 17.9 Å². The molecule has 0 radical (unpaired) electrons. The second-order valence-electron chi connectivity index (χ2n) is 7.17. The van der Waals surface area contributed by atoms with E-state index in [1.807, 2.05) is 18.2 Å². The van der Waals surface area contributed by atoms with Crippen LogP contribution in [0.2, 0.25) is 10.2 Å². The molecule has 176 valence electrons. The molecule has 1 unspecified atom stereocenters. The first-order valence-electron chi connectivity index (χ1n) is 10.1. The lowest BCUT2D eigenvalue weighted by atomic mass is 10.2. The average Bonchev–Trinajstić information content (AvgIpc) is 3.09. The van der Waals surface area contributed by atoms with Crippen LogP contribution >= 0.6 is 23.2 Å². The largest absolute Gasteiger partial charge is 0.493 e. The van der Waals surface area contributed by atoms with Gasteiger partial charge < -0.3 is 24.6 Å². The zero-order valence-electron chi connectivity index (χ0n) is 18.5. The van der Waals surface area contributed by atoms with Crippen LogP contribution in [0.1, 0.15) is 21.6 Å². The molecule has 10 heteroatoms. The SMILES string of the molecule is COc1cccc(OC)c1OCC(O)CNC(=O)c1c(C)nn(Cc2ccccc2Cl)c1Cl. The maximum absolute atomic E-state index is 12.7. The molecule has 1 atom stereocenters. The molecule has 0 spiro atoms. The van der Waals surface area contributed by atoms with Gasteiger partial charge in [0.25, 0.3) is 5.91 Å². The highest BCUT2D eigenvalue weighted by Gasteiger charge is 2.22. The minimum absolute atomic E-state index is 0.0538. The highest BCUT2D eigenvalue weighted by molar-refractivity contribution is 6.33. The summed E-state index contributed by atoms with van der Waals surface area (Å²) in [5, 5.41) is 18.1. The van der Waals surface area contributed by atoms with Gasteiger partial charge in [-0.05, 0) is 30.7 Å². The summed E-state index contributed by atoms with van der Waals surface area (Å²) >= 11 is 12.6. The molecular formula is C23H25Cl2N3O5. The molecule has 0 saturated carbocycles. The van der Waals surface area contributed by atoms with E-state index in [9.17, 15) is 9.90 Å². The molecule has 1 heterocycles. The van der Waals surface area contributed by atoms with Crippen LogP contribution in [-0.4, -0.2) is 54.3 Å². The number of nitrogens with zero attached hydrogens (tertiary/aromatic N) is 2. The van der Waals surface area contributed by atoms with Gasteiger partial charge in [0.2, 0.25) is 5.75 Å². The van der Waals surface area contributed by atoms with E-state index in [2.05, 4.69) is 10.4 Å². The fraction of sp³-hybridized carbons (Fsp3) is 0.304. The topological polar surface area (TPSA) is 94.8 Å². The first-order valence-corrected chi connectivity index (χ1v) is 10.9.